The van der Waals surface area contributed by atoms with Crippen LogP contribution in [0.2, 0.25) is 0 Å². The molecule has 0 bridgehead atoms. The maximum atomic E-state index is 12.3. The van der Waals surface area contributed by atoms with Gasteiger partial charge in [-0.1, -0.05) is 42.5 Å². The second-order valence-corrected chi connectivity index (χ2v) is 6.80. The number of ether oxygens (including phenoxy) is 2. The fourth-order valence-electron chi connectivity index (χ4n) is 2.82. The monoisotopic (exact) mass is 402 g/mol. The average molecular weight is 403 g/mol. The minimum atomic E-state index is -1.36. The van der Waals surface area contributed by atoms with Crippen molar-refractivity contribution >= 4 is 23.5 Å². The summed E-state index contributed by atoms with van der Waals surface area (Å²) in [5.41, 5.74) is 0.892. The molecule has 0 spiro atoms. The van der Waals surface area contributed by atoms with Crippen molar-refractivity contribution in [3.8, 4) is 0 Å². The molecular formula is C21H19ClO6. The van der Waals surface area contributed by atoms with Crippen LogP contribution in [0.25, 0.3) is 0 Å². The number of alkyl halides is 1. The van der Waals surface area contributed by atoms with Crippen molar-refractivity contribution in [3.63, 3.8) is 0 Å². The summed E-state index contributed by atoms with van der Waals surface area (Å²) < 4.78 is 10.5. The molecule has 0 amide bonds. The molecule has 3 rings (SSSR count). The lowest BCUT2D eigenvalue weighted by atomic mass is 9.91. The molecule has 2 aromatic carbocycles. The molecule has 0 saturated heterocycles. The molecule has 146 valence electrons. The second-order valence-electron chi connectivity index (χ2n) is 6.30. The van der Waals surface area contributed by atoms with Crippen LogP contribution in [0.4, 0.5) is 0 Å². The highest BCUT2D eigenvalue weighted by Gasteiger charge is 2.41. The van der Waals surface area contributed by atoms with Crippen molar-refractivity contribution in [1.29, 1.82) is 0 Å². The molecule has 28 heavy (non-hydrogen) atoms. The number of hydrogen-bond acceptors (Lipinski definition) is 6. The van der Waals surface area contributed by atoms with Gasteiger partial charge in [0, 0.05) is 0 Å². The van der Waals surface area contributed by atoms with Gasteiger partial charge in [0.1, 0.15) is 18.8 Å². The molecule has 0 fully saturated rings. The Kier molecular flexibility index (Phi) is 6.46. The van der Waals surface area contributed by atoms with E-state index in [2.05, 4.69) is 0 Å². The summed E-state index contributed by atoms with van der Waals surface area (Å²) in [6.45, 7) is -0.246. The zero-order chi connectivity index (χ0) is 20.1. The number of benzene rings is 2. The van der Waals surface area contributed by atoms with Crippen LogP contribution in [0.15, 0.2) is 72.3 Å². The van der Waals surface area contributed by atoms with Gasteiger partial charge in [-0.3, -0.25) is 0 Å². The summed E-state index contributed by atoms with van der Waals surface area (Å²) >= 11 is 6.11. The summed E-state index contributed by atoms with van der Waals surface area (Å²) in [6, 6.07) is 16.6. The largest absolute Gasteiger partial charge is 0.457 e. The van der Waals surface area contributed by atoms with Crippen LogP contribution in [0.1, 0.15) is 20.7 Å². The number of esters is 2. The molecule has 1 aliphatic carbocycles. The van der Waals surface area contributed by atoms with Crippen LogP contribution in [-0.2, 0) is 9.47 Å². The smallest absolute Gasteiger partial charge is 0.338 e. The van der Waals surface area contributed by atoms with Gasteiger partial charge in [0.05, 0.1) is 16.5 Å². The molecule has 2 N–H and O–H groups in total. The molecular weight excluding hydrogens is 384 g/mol. The first kappa shape index (κ1) is 20.1. The summed E-state index contributed by atoms with van der Waals surface area (Å²) in [7, 11) is 0. The second kappa shape index (κ2) is 9.01. The van der Waals surface area contributed by atoms with Gasteiger partial charge in [0.2, 0.25) is 0 Å². The van der Waals surface area contributed by atoms with Gasteiger partial charge in [-0.2, -0.15) is 0 Å². The molecule has 7 heteroatoms. The van der Waals surface area contributed by atoms with E-state index in [4.69, 9.17) is 21.1 Å². The Hall–Kier alpha value is -2.67. The van der Waals surface area contributed by atoms with E-state index in [0.29, 0.717) is 5.56 Å². The average Bonchev–Trinajstić information content (AvgIpc) is 2.73. The van der Waals surface area contributed by atoms with Gasteiger partial charge < -0.3 is 19.7 Å². The highest BCUT2D eigenvalue weighted by molar-refractivity contribution is 6.22. The van der Waals surface area contributed by atoms with E-state index < -0.39 is 35.6 Å². The van der Waals surface area contributed by atoms with Crippen LogP contribution in [0.5, 0.6) is 0 Å². The van der Waals surface area contributed by atoms with Crippen LogP contribution >= 0.6 is 11.6 Å². The highest BCUT2D eigenvalue weighted by atomic mass is 35.5. The third kappa shape index (κ3) is 4.59. The molecule has 1 aliphatic rings. The van der Waals surface area contributed by atoms with Gasteiger partial charge >= 0.3 is 11.9 Å². The van der Waals surface area contributed by atoms with E-state index in [1.807, 2.05) is 0 Å². The normalized spacial score (nSPS) is 24.2. The molecule has 0 aliphatic heterocycles. The zero-order valence-corrected chi connectivity index (χ0v) is 15.5. The first-order valence-corrected chi connectivity index (χ1v) is 9.10. The zero-order valence-electron chi connectivity index (χ0n) is 14.8. The predicted molar refractivity (Wildman–Crippen MR) is 102 cm³/mol. The first-order chi connectivity index (χ1) is 13.5. The third-order valence-corrected chi connectivity index (χ3v) is 4.74. The van der Waals surface area contributed by atoms with Crippen LogP contribution in [0, 0.1) is 0 Å². The maximum absolute atomic E-state index is 12.3. The fourth-order valence-corrected chi connectivity index (χ4v) is 3.13. The minimum Gasteiger partial charge on any atom is -0.457 e. The molecule has 4 unspecified atom stereocenters. The Labute approximate surface area is 167 Å². The SMILES string of the molecule is O=C(OCC1=CC(Cl)C(O)C(OC(=O)c2ccccc2)C1O)c1ccccc1. The van der Waals surface area contributed by atoms with Crippen molar-refractivity contribution in [2.24, 2.45) is 0 Å². The number of aliphatic hydroxyl groups is 2. The number of carbonyl (C=O) groups is 2. The molecule has 0 saturated carbocycles. The minimum absolute atomic E-state index is 0.246. The topological polar surface area (TPSA) is 93.1 Å². The Bertz CT molecular complexity index is 852. The van der Waals surface area contributed by atoms with Gasteiger partial charge in [-0.25, -0.2) is 9.59 Å². The van der Waals surface area contributed by atoms with E-state index in [1.54, 1.807) is 60.7 Å². The van der Waals surface area contributed by atoms with Crippen molar-refractivity contribution < 1.29 is 29.3 Å². The third-order valence-electron chi connectivity index (χ3n) is 4.36. The molecule has 0 radical (unpaired) electrons. The standard InChI is InChI=1S/C21H19ClO6/c22-16-11-15(12-27-20(25)13-7-3-1-4-8-13)17(23)19(18(16)24)28-21(26)14-9-5-2-6-10-14/h1-11,16-19,23-24H,12H2. The quantitative estimate of drug-likeness (QED) is 0.453. The predicted octanol–water partition coefficient (Wildman–Crippen LogP) is 2.34. The Morgan fingerprint density at radius 3 is 2.00 bits per heavy atom. The van der Waals surface area contributed by atoms with E-state index in [9.17, 15) is 19.8 Å². The lowest BCUT2D eigenvalue weighted by molar-refractivity contribution is -0.0688. The van der Waals surface area contributed by atoms with E-state index in [1.165, 1.54) is 6.08 Å². The van der Waals surface area contributed by atoms with Crippen LogP contribution in [0.3, 0.4) is 0 Å². The number of rotatable bonds is 5. The van der Waals surface area contributed by atoms with Crippen LogP contribution < -0.4 is 0 Å². The number of aliphatic hydroxyl groups excluding tert-OH is 2. The maximum Gasteiger partial charge on any atom is 0.338 e. The summed E-state index contributed by atoms with van der Waals surface area (Å²) in [5.74, 6) is -1.26. The highest BCUT2D eigenvalue weighted by Crippen LogP contribution is 2.27. The van der Waals surface area contributed by atoms with Gasteiger partial charge in [0.25, 0.3) is 0 Å². The van der Waals surface area contributed by atoms with E-state index in [-0.39, 0.29) is 17.7 Å². The Balaban J connectivity index is 1.68. The summed E-state index contributed by atoms with van der Waals surface area (Å²) in [4.78, 5) is 24.4. The van der Waals surface area contributed by atoms with Gasteiger partial charge in [-0.05, 0) is 29.8 Å². The molecule has 4 atom stereocenters. The van der Waals surface area contributed by atoms with Crippen molar-refractivity contribution in [3.05, 3.63) is 83.4 Å². The van der Waals surface area contributed by atoms with E-state index >= 15 is 0 Å². The summed E-state index contributed by atoms with van der Waals surface area (Å²) in [6.07, 6.45) is -2.55. The number of carbonyl (C=O) groups excluding carboxylic acids is 2. The Morgan fingerprint density at radius 1 is 0.893 bits per heavy atom. The lowest BCUT2D eigenvalue weighted by Gasteiger charge is -2.34. The fraction of sp³-hybridized carbons (Fsp3) is 0.238. The van der Waals surface area contributed by atoms with Gasteiger partial charge in [0.15, 0.2) is 6.10 Å². The molecule has 0 aromatic heterocycles. The molecule has 0 heterocycles. The summed E-state index contributed by atoms with van der Waals surface area (Å²) in [5, 5.41) is 19.9. The van der Waals surface area contributed by atoms with Crippen molar-refractivity contribution in [1.82, 2.24) is 0 Å². The van der Waals surface area contributed by atoms with Gasteiger partial charge in [-0.15, -0.1) is 11.6 Å². The number of halogens is 1. The van der Waals surface area contributed by atoms with Crippen molar-refractivity contribution in [2.75, 3.05) is 6.61 Å². The Morgan fingerprint density at radius 2 is 1.43 bits per heavy atom. The lowest BCUT2D eigenvalue weighted by Crippen LogP contribution is -2.50. The molecule has 2 aromatic rings. The van der Waals surface area contributed by atoms with E-state index in [0.717, 1.165) is 0 Å². The van der Waals surface area contributed by atoms with Crippen molar-refractivity contribution in [2.45, 2.75) is 23.7 Å². The number of hydrogen-bond donors (Lipinski definition) is 2. The first-order valence-electron chi connectivity index (χ1n) is 8.66. The molecule has 6 nitrogen and oxygen atoms in total. The van der Waals surface area contributed by atoms with Crippen LogP contribution in [-0.4, -0.2) is 52.4 Å².